The van der Waals surface area contributed by atoms with Crippen molar-refractivity contribution >= 4 is 154 Å². The van der Waals surface area contributed by atoms with Crippen LogP contribution in [0.1, 0.15) is 20.7 Å². The van der Waals surface area contributed by atoms with Crippen molar-refractivity contribution in [2.24, 2.45) is 0 Å². The SMILES string of the molecule is O=C(Nc1cccc(C(=O)Nc2cccc(S(=O)(=O)Nc3ccc(S(=O)(=O)O)c4cc(S(=O)(=O)O)cc(S(=O)(=O)O)c34)c2)c1)Nc1cccc(C(=O)Nc2cccc(S(=O)(=O)Nc3ccc(S(=O)(=O)O)c4cc(S(=O)(=O)O)cc(S(=O)(=O)O)c34)c2)c1. The highest BCUT2D eigenvalue weighted by Gasteiger charge is 2.31. The standard InChI is InChI=1S/C47H36N6O25S8/c54-45(48-29-9-3-11-31(19-29)79(57,58)52-37-13-15-39(83(67,68)69)35-21-33(81(61,62)63)23-41(43(35)37)85(73,74)75)25-5-1-7-27(17-25)50-47(56)51-28-8-2-6-26(18-28)46(55)49-30-10-4-12-32(20-30)80(59,60)53-38-14-16-40(84(70,71)72)36-22-34(82(64,65)66)24-42(44(36)38)86(76,77)78/h1-24,52-53H,(H,48,54)(H,49,55)(H2,50,51,56)(H,61,62,63)(H,64,65,66)(H,67,68,69)(H,70,71,72)(H,73,74,75)(H,76,77,78). The molecule has 452 valence electrons. The van der Waals surface area contributed by atoms with Crippen LogP contribution in [0, 0.1) is 0 Å². The molecule has 0 fully saturated rings. The summed E-state index contributed by atoms with van der Waals surface area (Å²) in [4.78, 5) is 31.2. The second-order valence-electron chi connectivity index (χ2n) is 17.7. The second kappa shape index (κ2) is 22.7. The molecular formula is C47H36N6O25S8. The summed E-state index contributed by atoms with van der Waals surface area (Å²) in [5.74, 6) is -1.74. The van der Waals surface area contributed by atoms with Gasteiger partial charge in [-0.2, -0.15) is 50.5 Å². The van der Waals surface area contributed by atoms with Crippen LogP contribution >= 0.6 is 0 Å². The van der Waals surface area contributed by atoms with E-state index in [-0.39, 0.29) is 46.0 Å². The lowest BCUT2D eigenvalue weighted by atomic mass is 10.1. The van der Waals surface area contributed by atoms with Crippen LogP contribution in [0.2, 0.25) is 0 Å². The Labute approximate surface area is 486 Å². The van der Waals surface area contributed by atoms with Crippen LogP contribution < -0.4 is 30.7 Å². The van der Waals surface area contributed by atoms with Gasteiger partial charge in [0.05, 0.1) is 31.0 Å². The largest absolute Gasteiger partial charge is 0.323 e. The molecule has 0 aliphatic carbocycles. The molecule has 0 aliphatic heterocycles. The number of urea groups is 1. The zero-order valence-corrected chi connectivity index (χ0v) is 48.6. The van der Waals surface area contributed by atoms with E-state index in [1.54, 1.807) is 0 Å². The molecule has 39 heteroatoms. The number of amides is 4. The predicted molar refractivity (Wildman–Crippen MR) is 303 cm³/mol. The number of nitrogens with one attached hydrogen (secondary N) is 6. The van der Waals surface area contributed by atoms with Crippen LogP contribution in [0.15, 0.2) is 185 Å². The van der Waals surface area contributed by atoms with Crippen LogP contribution in [0.5, 0.6) is 0 Å². The summed E-state index contributed by atoms with van der Waals surface area (Å²) in [6, 6.07) is 21.9. The molecular weight excluding hydrogens is 1310 g/mol. The number of hydrogen-bond acceptors (Lipinski definition) is 19. The Hall–Kier alpha value is -8.55. The maximum atomic E-state index is 13.7. The summed E-state index contributed by atoms with van der Waals surface area (Å²) in [6.45, 7) is 0. The molecule has 86 heavy (non-hydrogen) atoms. The average molecular weight is 1340 g/mol. The average Bonchev–Trinajstić information content (AvgIpc) is 0.758. The molecule has 0 saturated carbocycles. The highest BCUT2D eigenvalue weighted by molar-refractivity contribution is 7.93. The highest BCUT2D eigenvalue weighted by atomic mass is 32.2. The van der Waals surface area contributed by atoms with Gasteiger partial charge in [0.2, 0.25) is 0 Å². The number of benzene rings is 8. The van der Waals surface area contributed by atoms with Crippen molar-refractivity contribution in [2.75, 3.05) is 30.7 Å². The number of carbonyl (C=O) groups excluding carboxylic acids is 3. The third-order valence-electron chi connectivity index (χ3n) is 11.8. The molecule has 8 rings (SSSR count). The maximum Gasteiger partial charge on any atom is 0.323 e. The number of anilines is 6. The molecule has 12 N–H and O–H groups in total. The first-order valence-electron chi connectivity index (χ1n) is 22.8. The van der Waals surface area contributed by atoms with Gasteiger partial charge in [-0.05, 0) is 121 Å². The topological polar surface area (TPSA) is 518 Å². The maximum absolute atomic E-state index is 13.7. The third kappa shape index (κ3) is 14.2. The van der Waals surface area contributed by atoms with Crippen molar-refractivity contribution in [2.45, 2.75) is 39.2 Å². The summed E-state index contributed by atoms with van der Waals surface area (Å²) in [7, 11) is -42.2. The number of rotatable bonds is 18. The first-order chi connectivity index (χ1) is 39.6. The minimum Gasteiger partial charge on any atom is -0.322 e. The Kier molecular flexibility index (Phi) is 16.8. The van der Waals surface area contributed by atoms with Gasteiger partial charge in [-0.25, -0.2) is 21.6 Å². The number of sulfonamides is 2. The molecule has 0 saturated heterocycles. The first kappa shape index (κ1) is 63.5. The van der Waals surface area contributed by atoms with Gasteiger partial charge < -0.3 is 21.3 Å². The fourth-order valence-electron chi connectivity index (χ4n) is 8.18. The Balaban J connectivity index is 0.946. The fraction of sp³-hybridized carbons (Fsp3) is 0. The molecule has 0 aliphatic rings. The Morgan fingerprint density at radius 1 is 0.302 bits per heavy atom. The monoisotopic (exact) mass is 1340 g/mol. The van der Waals surface area contributed by atoms with Gasteiger partial charge in [-0.3, -0.25) is 46.3 Å². The van der Waals surface area contributed by atoms with E-state index in [9.17, 15) is 109 Å². The van der Waals surface area contributed by atoms with E-state index in [4.69, 9.17) is 0 Å². The summed E-state index contributed by atoms with van der Waals surface area (Å²) in [5, 5.41) is 6.00. The summed E-state index contributed by atoms with van der Waals surface area (Å²) in [5.41, 5.74) is -2.09. The lowest BCUT2D eigenvalue weighted by Crippen LogP contribution is -2.20. The van der Waals surface area contributed by atoms with Crippen molar-refractivity contribution in [3.05, 3.63) is 157 Å². The minimum atomic E-state index is -5.55. The van der Waals surface area contributed by atoms with E-state index < -0.39 is 171 Å². The van der Waals surface area contributed by atoms with E-state index in [2.05, 4.69) is 21.3 Å². The molecule has 0 radical (unpaired) electrons. The van der Waals surface area contributed by atoms with Gasteiger partial charge in [0.15, 0.2) is 0 Å². The van der Waals surface area contributed by atoms with Gasteiger partial charge in [0.25, 0.3) is 92.6 Å². The quantitative estimate of drug-likeness (QED) is 0.0490. The van der Waals surface area contributed by atoms with Crippen LogP contribution in [-0.2, 0) is 80.8 Å². The molecule has 0 atom stereocenters. The zero-order valence-electron chi connectivity index (χ0n) is 42.1. The van der Waals surface area contributed by atoms with Gasteiger partial charge in [0.1, 0.15) is 19.6 Å². The molecule has 0 heterocycles. The molecule has 31 nitrogen and oxygen atoms in total. The van der Waals surface area contributed by atoms with Crippen molar-refractivity contribution in [3.63, 3.8) is 0 Å². The number of fused-ring (bicyclic) bond motifs is 2. The lowest BCUT2D eigenvalue weighted by molar-refractivity contribution is 0.101. The molecule has 0 unspecified atom stereocenters. The van der Waals surface area contributed by atoms with Gasteiger partial charge in [0, 0.05) is 55.4 Å². The highest BCUT2D eigenvalue weighted by Crippen LogP contribution is 2.40. The third-order valence-corrected chi connectivity index (χ3v) is 19.8. The van der Waals surface area contributed by atoms with E-state index in [0.29, 0.717) is 36.4 Å². The van der Waals surface area contributed by atoms with Crippen molar-refractivity contribution < 1.29 is 109 Å². The molecule has 8 aromatic rings. The lowest BCUT2D eigenvalue weighted by Gasteiger charge is -2.16. The van der Waals surface area contributed by atoms with E-state index in [1.165, 1.54) is 60.7 Å². The Morgan fingerprint density at radius 3 is 0.930 bits per heavy atom. The predicted octanol–water partition coefficient (Wildman–Crippen LogP) is 5.22. The van der Waals surface area contributed by atoms with E-state index in [0.717, 1.165) is 36.4 Å². The molecule has 8 aromatic carbocycles. The van der Waals surface area contributed by atoms with Crippen LogP contribution in [0.4, 0.5) is 38.9 Å². The van der Waals surface area contributed by atoms with Gasteiger partial charge in [-0.1, -0.05) is 24.3 Å². The molecule has 4 amide bonds. The zero-order chi connectivity index (χ0) is 63.5. The van der Waals surface area contributed by atoms with Crippen LogP contribution in [0.25, 0.3) is 21.5 Å². The second-order valence-corrected chi connectivity index (χ2v) is 29.4. The summed E-state index contributed by atoms with van der Waals surface area (Å²) >= 11 is 0. The van der Waals surface area contributed by atoms with Crippen molar-refractivity contribution in [1.82, 2.24) is 0 Å². The Bertz CT molecular complexity index is 4900. The number of hydrogen-bond donors (Lipinski definition) is 12. The van der Waals surface area contributed by atoms with Crippen LogP contribution in [0.3, 0.4) is 0 Å². The van der Waals surface area contributed by atoms with Crippen molar-refractivity contribution in [1.29, 1.82) is 0 Å². The first-order valence-corrected chi connectivity index (χ1v) is 34.4. The Morgan fingerprint density at radius 2 is 0.616 bits per heavy atom. The minimum absolute atomic E-state index is 0.0163. The normalized spacial score (nSPS) is 12.7. The smallest absolute Gasteiger partial charge is 0.322 e. The number of carbonyl (C=O) groups is 3. The van der Waals surface area contributed by atoms with Crippen LogP contribution in [-0.4, -0.2) is 113 Å². The van der Waals surface area contributed by atoms with Crippen molar-refractivity contribution in [3.8, 4) is 0 Å². The summed E-state index contributed by atoms with van der Waals surface area (Å²) < 4.78 is 265. The van der Waals surface area contributed by atoms with E-state index >= 15 is 0 Å². The van der Waals surface area contributed by atoms with E-state index in [1.807, 2.05) is 9.44 Å². The molecule has 0 bridgehead atoms. The molecule has 0 spiro atoms. The summed E-state index contributed by atoms with van der Waals surface area (Å²) in [6.07, 6.45) is 0. The van der Waals surface area contributed by atoms with Gasteiger partial charge >= 0.3 is 6.03 Å². The molecule has 0 aromatic heterocycles. The van der Waals surface area contributed by atoms with Gasteiger partial charge in [-0.15, -0.1) is 0 Å². The fourth-order valence-corrected chi connectivity index (χ4v) is 14.5.